The van der Waals surface area contributed by atoms with Crippen molar-refractivity contribution in [3.05, 3.63) is 0 Å². The summed E-state index contributed by atoms with van der Waals surface area (Å²) in [6.45, 7) is 5.00. The minimum Gasteiger partial charge on any atom is -0.392 e. The number of nitrogens with two attached hydrogens (primary N) is 1. The van der Waals surface area contributed by atoms with Gasteiger partial charge in [-0.25, -0.2) is 0 Å². The van der Waals surface area contributed by atoms with Gasteiger partial charge in [0.2, 0.25) is 0 Å². The van der Waals surface area contributed by atoms with E-state index in [4.69, 9.17) is 5.73 Å². The SMILES string of the molecule is CC(C)C(CN)C(O)C1CCC2CCCCC2C1. The van der Waals surface area contributed by atoms with Crippen molar-refractivity contribution in [3.8, 4) is 0 Å². The first-order chi connectivity index (χ1) is 8.63. The Bertz CT molecular complexity index is 253. The third kappa shape index (κ3) is 3.08. The minimum atomic E-state index is -0.169. The topological polar surface area (TPSA) is 46.2 Å². The molecular weight excluding hydrogens is 222 g/mol. The van der Waals surface area contributed by atoms with Crippen LogP contribution in [0.15, 0.2) is 0 Å². The third-order valence-corrected chi connectivity index (χ3v) is 5.63. The van der Waals surface area contributed by atoms with Crippen molar-refractivity contribution in [1.82, 2.24) is 0 Å². The van der Waals surface area contributed by atoms with E-state index in [0.717, 1.165) is 11.8 Å². The monoisotopic (exact) mass is 253 g/mol. The summed E-state index contributed by atoms with van der Waals surface area (Å²) in [4.78, 5) is 0. The van der Waals surface area contributed by atoms with Gasteiger partial charge >= 0.3 is 0 Å². The average Bonchev–Trinajstić information content (AvgIpc) is 2.38. The molecule has 2 rings (SSSR count). The van der Waals surface area contributed by atoms with Crippen LogP contribution < -0.4 is 5.73 Å². The minimum absolute atomic E-state index is 0.169. The predicted molar refractivity (Wildman–Crippen MR) is 76.2 cm³/mol. The van der Waals surface area contributed by atoms with Gasteiger partial charge in [-0.15, -0.1) is 0 Å². The fourth-order valence-electron chi connectivity index (χ4n) is 4.38. The molecule has 0 saturated heterocycles. The molecule has 0 bridgehead atoms. The van der Waals surface area contributed by atoms with E-state index in [1.54, 1.807) is 0 Å². The molecule has 2 aliphatic carbocycles. The molecule has 106 valence electrons. The molecule has 18 heavy (non-hydrogen) atoms. The van der Waals surface area contributed by atoms with Gasteiger partial charge in [-0.05, 0) is 55.4 Å². The second-order valence-corrected chi connectivity index (χ2v) is 7.01. The standard InChI is InChI=1S/C16H31NO/c1-11(2)15(10-17)16(18)14-8-7-12-5-3-4-6-13(12)9-14/h11-16,18H,3-10,17H2,1-2H3. The molecule has 0 spiro atoms. The fraction of sp³-hybridized carbons (Fsp3) is 1.00. The van der Waals surface area contributed by atoms with Crippen LogP contribution in [0, 0.1) is 29.6 Å². The Labute approximate surface area is 112 Å². The Morgan fingerprint density at radius 2 is 1.72 bits per heavy atom. The lowest BCUT2D eigenvalue weighted by Crippen LogP contribution is -2.41. The molecule has 0 radical (unpaired) electrons. The maximum Gasteiger partial charge on any atom is 0.0611 e. The van der Waals surface area contributed by atoms with Gasteiger partial charge in [0.05, 0.1) is 6.10 Å². The molecule has 2 saturated carbocycles. The highest BCUT2D eigenvalue weighted by Gasteiger charge is 2.37. The number of hydrogen-bond donors (Lipinski definition) is 2. The first-order valence-corrected chi connectivity index (χ1v) is 8.01. The summed E-state index contributed by atoms with van der Waals surface area (Å²) in [5, 5.41) is 10.6. The van der Waals surface area contributed by atoms with Crippen molar-refractivity contribution in [3.63, 3.8) is 0 Å². The number of aliphatic hydroxyl groups is 1. The first kappa shape index (κ1) is 14.3. The Kier molecular flexibility index (Phi) is 5.08. The van der Waals surface area contributed by atoms with Crippen molar-refractivity contribution in [2.75, 3.05) is 6.54 Å². The lowest BCUT2D eigenvalue weighted by Gasteiger charge is -2.42. The van der Waals surface area contributed by atoms with Crippen molar-refractivity contribution in [1.29, 1.82) is 0 Å². The molecule has 0 aromatic heterocycles. The summed E-state index contributed by atoms with van der Waals surface area (Å²) < 4.78 is 0. The molecule has 0 aromatic carbocycles. The highest BCUT2D eigenvalue weighted by molar-refractivity contribution is 4.88. The molecule has 0 aromatic rings. The smallest absolute Gasteiger partial charge is 0.0611 e. The van der Waals surface area contributed by atoms with Gasteiger partial charge in [0.25, 0.3) is 0 Å². The summed E-state index contributed by atoms with van der Waals surface area (Å²) in [7, 11) is 0. The molecule has 2 heteroatoms. The maximum absolute atomic E-state index is 10.6. The van der Waals surface area contributed by atoms with Crippen molar-refractivity contribution < 1.29 is 5.11 Å². The van der Waals surface area contributed by atoms with Gasteiger partial charge in [0.1, 0.15) is 0 Å². The van der Waals surface area contributed by atoms with Crippen LogP contribution in [0.4, 0.5) is 0 Å². The largest absolute Gasteiger partial charge is 0.392 e. The summed E-state index contributed by atoms with van der Waals surface area (Å²) >= 11 is 0. The molecule has 0 aliphatic heterocycles. The van der Waals surface area contributed by atoms with Crippen LogP contribution >= 0.6 is 0 Å². The first-order valence-electron chi connectivity index (χ1n) is 8.01. The predicted octanol–water partition coefficient (Wildman–Crippen LogP) is 3.18. The van der Waals surface area contributed by atoms with Crippen LogP contribution in [-0.4, -0.2) is 17.8 Å². The number of fused-ring (bicyclic) bond motifs is 1. The van der Waals surface area contributed by atoms with Crippen molar-refractivity contribution in [2.24, 2.45) is 35.3 Å². The lowest BCUT2D eigenvalue weighted by molar-refractivity contribution is -0.00937. The number of hydrogen-bond acceptors (Lipinski definition) is 2. The Morgan fingerprint density at radius 1 is 1.06 bits per heavy atom. The van der Waals surface area contributed by atoms with Gasteiger partial charge < -0.3 is 10.8 Å². The zero-order valence-corrected chi connectivity index (χ0v) is 12.1. The molecule has 3 N–H and O–H groups in total. The van der Waals surface area contributed by atoms with E-state index in [9.17, 15) is 5.11 Å². The van der Waals surface area contributed by atoms with E-state index >= 15 is 0 Å². The Morgan fingerprint density at radius 3 is 2.33 bits per heavy atom. The Balaban J connectivity index is 1.93. The molecule has 2 nitrogen and oxygen atoms in total. The molecule has 2 fully saturated rings. The van der Waals surface area contributed by atoms with E-state index in [2.05, 4.69) is 13.8 Å². The second-order valence-electron chi connectivity index (χ2n) is 7.01. The molecule has 0 heterocycles. The Hall–Kier alpha value is -0.0800. The van der Waals surface area contributed by atoms with Crippen LogP contribution in [0.3, 0.4) is 0 Å². The molecule has 5 atom stereocenters. The average molecular weight is 253 g/mol. The zero-order chi connectivity index (χ0) is 13.1. The van der Waals surface area contributed by atoms with Crippen LogP contribution in [-0.2, 0) is 0 Å². The summed E-state index contributed by atoms with van der Waals surface area (Å²) in [6.07, 6.45) is 9.36. The van der Waals surface area contributed by atoms with Crippen molar-refractivity contribution >= 4 is 0 Å². The lowest BCUT2D eigenvalue weighted by atomic mass is 9.65. The normalized spacial score (nSPS) is 36.2. The quantitative estimate of drug-likeness (QED) is 0.808. The van der Waals surface area contributed by atoms with E-state index < -0.39 is 0 Å². The van der Waals surface area contributed by atoms with E-state index in [0.29, 0.717) is 18.4 Å². The second kappa shape index (κ2) is 6.38. The van der Waals surface area contributed by atoms with Gasteiger partial charge in [0, 0.05) is 0 Å². The molecule has 0 amide bonds. The molecular formula is C16H31NO. The highest BCUT2D eigenvalue weighted by atomic mass is 16.3. The fourth-order valence-corrected chi connectivity index (χ4v) is 4.38. The van der Waals surface area contributed by atoms with Gasteiger partial charge in [0.15, 0.2) is 0 Å². The van der Waals surface area contributed by atoms with Crippen LogP contribution in [0.2, 0.25) is 0 Å². The van der Waals surface area contributed by atoms with E-state index in [-0.39, 0.29) is 12.0 Å². The van der Waals surface area contributed by atoms with E-state index in [1.165, 1.54) is 44.9 Å². The third-order valence-electron chi connectivity index (χ3n) is 5.63. The molecule has 5 unspecified atom stereocenters. The summed E-state index contributed by atoms with van der Waals surface area (Å²) in [5.74, 6) is 3.17. The van der Waals surface area contributed by atoms with Crippen LogP contribution in [0.5, 0.6) is 0 Å². The summed E-state index contributed by atoms with van der Waals surface area (Å²) in [5.41, 5.74) is 5.85. The number of aliphatic hydroxyl groups excluding tert-OH is 1. The maximum atomic E-state index is 10.6. The molecule has 2 aliphatic rings. The van der Waals surface area contributed by atoms with Crippen LogP contribution in [0.1, 0.15) is 58.8 Å². The van der Waals surface area contributed by atoms with Gasteiger partial charge in [-0.1, -0.05) is 39.5 Å². The zero-order valence-electron chi connectivity index (χ0n) is 12.1. The van der Waals surface area contributed by atoms with Crippen LogP contribution in [0.25, 0.3) is 0 Å². The number of rotatable bonds is 4. The van der Waals surface area contributed by atoms with Crippen molar-refractivity contribution in [2.45, 2.75) is 64.9 Å². The van der Waals surface area contributed by atoms with E-state index in [1.807, 2.05) is 0 Å². The summed E-state index contributed by atoms with van der Waals surface area (Å²) in [6, 6.07) is 0. The highest BCUT2D eigenvalue weighted by Crippen LogP contribution is 2.44. The van der Waals surface area contributed by atoms with Gasteiger partial charge in [-0.3, -0.25) is 0 Å². The van der Waals surface area contributed by atoms with Gasteiger partial charge in [-0.2, -0.15) is 0 Å².